The number of hydrogen-bond donors (Lipinski definition) is 0. The van der Waals surface area contributed by atoms with Crippen LogP contribution in [0.5, 0.6) is 11.6 Å². The monoisotopic (exact) mass is 398 g/mol. The van der Waals surface area contributed by atoms with Crippen LogP contribution in [0.25, 0.3) is 0 Å². The first-order chi connectivity index (χ1) is 13.5. The SMILES string of the molecule is O=S(=O)(c1ccc(Oc2ccccc2)nc1)N1CCC[C@@H]1c1ccc(F)cc1. The molecule has 2 heterocycles. The fourth-order valence-corrected chi connectivity index (χ4v) is 5.00. The number of nitrogens with zero attached hydrogens (tertiary/aromatic N) is 2. The van der Waals surface area contributed by atoms with Crippen LogP contribution in [0.4, 0.5) is 4.39 Å². The molecule has 0 saturated carbocycles. The first kappa shape index (κ1) is 18.6. The lowest BCUT2D eigenvalue weighted by Crippen LogP contribution is -2.30. The van der Waals surface area contributed by atoms with E-state index in [1.165, 1.54) is 28.7 Å². The van der Waals surface area contributed by atoms with Gasteiger partial charge in [-0.25, -0.2) is 17.8 Å². The highest BCUT2D eigenvalue weighted by atomic mass is 32.2. The number of hydrogen-bond acceptors (Lipinski definition) is 4. The second kappa shape index (κ2) is 7.69. The Kier molecular flexibility index (Phi) is 5.11. The number of sulfonamides is 1. The van der Waals surface area contributed by atoms with Gasteiger partial charge in [-0.2, -0.15) is 4.31 Å². The third-order valence-corrected chi connectivity index (χ3v) is 6.63. The van der Waals surface area contributed by atoms with Crippen LogP contribution in [0.2, 0.25) is 0 Å². The quantitative estimate of drug-likeness (QED) is 0.633. The van der Waals surface area contributed by atoms with Crippen LogP contribution in [0, 0.1) is 5.82 Å². The van der Waals surface area contributed by atoms with Crippen LogP contribution < -0.4 is 4.74 Å². The van der Waals surface area contributed by atoms with E-state index in [0.717, 1.165) is 12.0 Å². The summed E-state index contributed by atoms with van der Waals surface area (Å²) in [4.78, 5) is 4.26. The average Bonchev–Trinajstić information content (AvgIpc) is 3.21. The van der Waals surface area contributed by atoms with E-state index in [9.17, 15) is 12.8 Å². The van der Waals surface area contributed by atoms with Gasteiger partial charge in [-0.05, 0) is 48.7 Å². The number of halogens is 1. The Morgan fingerprint density at radius 2 is 1.75 bits per heavy atom. The van der Waals surface area contributed by atoms with Gasteiger partial charge in [0.15, 0.2) is 0 Å². The van der Waals surface area contributed by atoms with Crippen molar-refractivity contribution in [3.05, 3.63) is 84.3 Å². The molecule has 1 aliphatic heterocycles. The smallest absolute Gasteiger partial charge is 0.245 e. The summed E-state index contributed by atoms with van der Waals surface area (Å²) in [5, 5.41) is 0. The second-order valence-corrected chi connectivity index (χ2v) is 8.46. The molecule has 0 amide bonds. The van der Waals surface area contributed by atoms with Gasteiger partial charge < -0.3 is 4.74 Å². The zero-order valence-corrected chi connectivity index (χ0v) is 15.8. The van der Waals surface area contributed by atoms with Crippen molar-refractivity contribution in [1.29, 1.82) is 0 Å². The summed E-state index contributed by atoms with van der Waals surface area (Å²) in [6.45, 7) is 0.423. The average molecular weight is 398 g/mol. The number of pyridine rings is 1. The minimum Gasteiger partial charge on any atom is -0.439 e. The van der Waals surface area contributed by atoms with E-state index >= 15 is 0 Å². The van der Waals surface area contributed by atoms with Gasteiger partial charge in [-0.1, -0.05) is 30.3 Å². The molecule has 1 saturated heterocycles. The summed E-state index contributed by atoms with van der Waals surface area (Å²) >= 11 is 0. The van der Waals surface area contributed by atoms with Gasteiger partial charge in [0.2, 0.25) is 15.9 Å². The Labute approximate surface area is 163 Å². The van der Waals surface area contributed by atoms with Crippen LogP contribution in [-0.2, 0) is 10.0 Å². The molecule has 1 aliphatic rings. The van der Waals surface area contributed by atoms with Gasteiger partial charge >= 0.3 is 0 Å². The maximum absolute atomic E-state index is 13.2. The van der Waals surface area contributed by atoms with Crippen molar-refractivity contribution < 1.29 is 17.5 Å². The molecule has 1 fully saturated rings. The van der Waals surface area contributed by atoms with Crippen LogP contribution in [0.3, 0.4) is 0 Å². The maximum Gasteiger partial charge on any atom is 0.245 e. The summed E-state index contributed by atoms with van der Waals surface area (Å²) in [5.74, 6) is 0.609. The van der Waals surface area contributed by atoms with E-state index in [0.29, 0.717) is 24.6 Å². The van der Waals surface area contributed by atoms with Crippen molar-refractivity contribution in [2.45, 2.75) is 23.8 Å². The summed E-state index contributed by atoms with van der Waals surface area (Å²) in [5.41, 5.74) is 0.791. The van der Waals surface area contributed by atoms with Crippen molar-refractivity contribution >= 4 is 10.0 Å². The predicted octanol–water partition coefficient (Wildman–Crippen LogP) is 4.54. The summed E-state index contributed by atoms with van der Waals surface area (Å²) in [6.07, 6.45) is 2.77. The van der Waals surface area contributed by atoms with Gasteiger partial charge in [0.05, 0.1) is 12.2 Å². The minimum atomic E-state index is -3.71. The molecule has 4 rings (SSSR count). The van der Waals surface area contributed by atoms with E-state index in [-0.39, 0.29) is 16.8 Å². The zero-order chi connectivity index (χ0) is 19.6. The number of ether oxygens (including phenoxy) is 1. The van der Waals surface area contributed by atoms with Gasteiger partial charge in [-0.15, -0.1) is 0 Å². The molecular formula is C21H19FN2O3S. The highest BCUT2D eigenvalue weighted by Crippen LogP contribution is 2.36. The Morgan fingerprint density at radius 1 is 1.00 bits per heavy atom. The second-order valence-electron chi connectivity index (χ2n) is 6.57. The van der Waals surface area contributed by atoms with Crippen molar-refractivity contribution in [3.63, 3.8) is 0 Å². The maximum atomic E-state index is 13.2. The molecule has 0 bridgehead atoms. The van der Waals surface area contributed by atoms with Crippen molar-refractivity contribution in [3.8, 4) is 11.6 Å². The topological polar surface area (TPSA) is 59.5 Å². The molecule has 0 spiro atoms. The molecule has 1 aromatic heterocycles. The lowest BCUT2D eigenvalue weighted by atomic mass is 10.1. The van der Waals surface area contributed by atoms with Crippen LogP contribution >= 0.6 is 0 Å². The number of aromatic nitrogens is 1. The summed E-state index contributed by atoms with van der Waals surface area (Å²) < 4.78 is 46.5. The van der Waals surface area contributed by atoms with Gasteiger partial charge in [0, 0.05) is 12.6 Å². The van der Waals surface area contributed by atoms with Gasteiger partial charge in [0.25, 0.3) is 0 Å². The van der Waals surface area contributed by atoms with Crippen molar-refractivity contribution in [1.82, 2.24) is 9.29 Å². The highest BCUT2D eigenvalue weighted by molar-refractivity contribution is 7.89. The summed E-state index contributed by atoms with van der Waals surface area (Å²) in [7, 11) is -3.71. The van der Waals surface area contributed by atoms with E-state index in [1.54, 1.807) is 30.3 Å². The Morgan fingerprint density at radius 3 is 2.43 bits per heavy atom. The molecule has 7 heteroatoms. The van der Waals surface area contributed by atoms with Crippen molar-refractivity contribution in [2.75, 3.05) is 6.54 Å². The van der Waals surface area contributed by atoms with Crippen molar-refractivity contribution in [2.24, 2.45) is 0 Å². The molecular weight excluding hydrogens is 379 g/mol. The molecule has 2 aromatic carbocycles. The molecule has 0 radical (unpaired) electrons. The Hall–Kier alpha value is -2.77. The minimum absolute atomic E-state index is 0.113. The summed E-state index contributed by atoms with van der Waals surface area (Å²) in [6, 6.07) is 17.9. The molecule has 0 unspecified atom stereocenters. The zero-order valence-electron chi connectivity index (χ0n) is 15.0. The van der Waals surface area contributed by atoms with E-state index < -0.39 is 10.0 Å². The van der Waals surface area contributed by atoms with E-state index in [4.69, 9.17) is 4.74 Å². The highest BCUT2D eigenvalue weighted by Gasteiger charge is 2.36. The first-order valence-corrected chi connectivity index (χ1v) is 10.4. The number of benzene rings is 2. The predicted molar refractivity (Wildman–Crippen MR) is 103 cm³/mol. The fraction of sp³-hybridized carbons (Fsp3) is 0.190. The fourth-order valence-electron chi connectivity index (χ4n) is 3.37. The van der Waals surface area contributed by atoms with Crippen LogP contribution in [0.1, 0.15) is 24.4 Å². The first-order valence-electron chi connectivity index (χ1n) is 9.00. The Balaban J connectivity index is 1.56. The standard InChI is InChI=1S/C21H19FN2O3S/c22-17-10-8-16(9-11-17)20-7-4-14-24(20)28(25,26)19-12-13-21(23-15-19)27-18-5-2-1-3-6-18/h1-3,5-6,8-13,15,20H,4,7,14H2/t20-/m1/s1. The Bertz CT molecular complexity index is 1040. The molecule has 144 valence electrons. The third kappa shape index (κ3) is 3.76. The molecule has 0 N–H and O–H groups in total. The van der Waals surface area contributed by atoms with Gasteiger partial charge in [0.1, 0.15) is 16.5 Å². The lowest BCUT2D eigenvalue weighted by Gasteiger charge is -2.24. The van der Waals surface area contributed by atoms with E-state index in [2.05, 4.69) is 4.98 Å². The lowest BCUT2D eigenvalue weighted by molar-refractivity contribution is 0.396. The number of rotatable bonds is 5. The number of para-hydroxylation sites is 1. The molecule has 5 nitrogen and oxygen atoms in total. The molecule has 1 atom stereocenters. The normalized spacial score (nSPS) is 17.5. The largest absolute Gasteiger partial charge is 0.439 e. The van der Waals surface area contributed by atoms with E-state index in [1.807, 2.05) is 18.2 Å². The van der Waals surface area contributed by atoms with Crippen LogP contribution in [-0.4, -0.2) is 24.3 Å². The molecule has 28 heavy (non-hydrogen) atoms. The molecule has 3 aromatic rings. The van der Waals surface area contributed by atoms with Crippen LogP contribution in [0.15, 0.2) is 77.8 Å². The van der Waals surface area contributed by atoms with Gasteiger partial charge in [-0.3, -0.25) is 0 Å². The molecule has 0 aliphatic carbocycles. The third-order valence-electron chi connectivity index (χ3n) is 4.74.